The zero-order chi connectivity index (χ0) is 19.1. The molecule has 7 heteroatoms. The van der Waals surface area contributed by atoms with Crippen molar-refractivity contribution in [3.8, 4) is 17.2 Å². The third-order valence-corrected chi connectivity index (χ3v) is 4.04. The van der Waals surface area contributed by atoms with Crippen molar-refractivity contribution in [1.82, 2.24) is 5.43 Å². The Morgan fingerprint density at radius 3 is 2.78 bits per heavy atom. The molecular formula is C20H23N3O4. The number of fused-ring (bicyclic) bond motifs is 1. The Labute approximate surface area is 158 Å². The Hall–Kier alpha value is -3.22. The van der Waals surface area contributed by atoms with Gasteiger partial charge in [0.05, 0.1) is 32.6 Å². The summed E-state index contributed by atoms with van der Waals surface area (Å²) in [6.07, 6.45) is 0.855. The first-order chi connectivity index (χ1) is 13.2. The van der Waals surface area contributed by atoms with Gasteiger partial charge in [-0.2, -0.15) is 5.10 Å². The Kier molecular flexibility index (Phi) is 6.14. The van der Waals surface area contributed by atoms with Crippen molar-refractivity contribution < 1.29 is 19.0 Å². The zero-order valence-corrected chi connectivity index (χ0v) is 15.5. The first-order valence-electron chi connectivity index (χ1n) is 8.77. The fourth-order valence-electron chi connectivity index (χ4n) is 2.55. The summed E-state index contributed by atoms with van der Waals surface area (Å²) in [5, 5.41) is 7.20. The van der Waals surface area contributed by atoms with Crippen molar-refractivity contribution in [1.29, 1.82) is 0 Å². The molecule has 2 aromatic rings. The van der Waals surface area contributed by atoms with Gasteiger partial charge >= 0.3 is 0 Å². The van der Waals surface area contributed by atoms with Crippen molar-refractivity contribution in [2.45, 2.75) is 13.3 Å². The van der Waals surface area contributed by atoms with Crippen LogP contribution in [-0.4, -0.2) is 38.5 Å². The molecule has 1 amide bonds. The molecule has 0 bridgehead atoms. The van der Waals surface area contributed by atoms with Crippen LogP contribution in [0.15, 0.2) is 47.6 Å². The minimum absolute atomic E-state index is 0.102. The van der Waals surface area contributed by atoms with E-state index in [4.69, 9.17) is 14.2 Å². The highest BCUT2D eigenvalue weighted by atomic mass is 16.5. The van der Waals surface area contributed by atoms with Gasteiger partial charge in [0, 0.05) is 23.7 Å². The van der Waals surface area contributed by atoms with Crippen LogP contribution in [0.3, 0.4) is 0 Å². The maximum absolute atomic E-state index is 12.0. The fraction of sp³-hybridized carbons (Fsp3) is 0.300. The lowest BCUT2D eigenvalue weighted by Crippen LogP contribution is -2.26. The molecule has 2 aromatic carbocycles. The molecule has 0 atom stereocenters. The Balaban J connectivity index is 1.56. The van der Waals surface area contributed by atoms with Gasteiger partial charge in [-0.05, 0) is 37.3 Å². The van der Waals surface area contributed by atoms with E-state index >= 15 is 0 Å². The number of benzene rings is 2. The fourth-order valence-corrected chi connectivity index (χ4v) is 2.55. The highest BCUT2D eigenvalue weighted by molar-refractivity contribution is 6.00. The van der Waals surface area contributed by atoms with Gasteiger partial charge in [-0.15, -0.1) is 0 Å². The van der Waals surface area contributed by atoms with E-state index in [2.05, 4.69) is 15.8 Å². The van der Waals surface area contributed by atoms with E-state index in [-0.39, 0.29) is 12.5 Å². The molecule has 0 aromatic heterocycles. The molecule has 1 heterocycles. The SMILES string of the molecule is COc1cccc(NCC(=O)N/N=C(/C)c2ccc3c(c2)OCCCO3)c1. The average Bonchev–Trinajstić information content (AvgIpc) is 2.95. The Morgan fingerprint density at radius 2 is 1.96 bits per heavy atom. The second-order valence-electron chi connectivity index (χ2n) is 6.03. The predicted molar refractivity (Wildman–Crippen MR) is 104 cm³/mol. The van der Waals surface area contributed by atoms with Crippen LogP contribution in [0.5, 0.6) is 17.2 Å². The number of carbonyl (C=O) groups excluding carboxylic acids is 1. The van der Waals surface area contributed by atoms with Gasteiger partial charge in [-0.3, -0.25) is 4.79 Å². The van der Waals surface area contributed by atoms with Crippen LogP contribution >= 0.6 is 0 Å². The maximum atomic E-state index is 12.0. The molecular weight excluding hydrogens is 346 g/mol. The van der Waals surface area contributed by atoms with Crippen molar-refractivity contribution in [3.63, 3.8) is 0 Å². The standard InChI is InChI=1S/C20H23N3O4/c1-14(15-7-8-18-19(11-15)27-10-4-9-26-18)22-23-20(24)13-21-16-5-3-6-17(12-16)25-2/h3,5-8,11-12,21H,4,9-10,13H2,1-2H3,(H,23,24)/b22-14-. The van der Waals surface area contributed by atoms with Crippen molar-refractivity contribution in [2.24, 2.45) is 5.10 Å². The summed E-state index contributed by atoms with van der Waals surface area (Å²) in [7, 11) is 1.60. The molecule has 3 rings (SSSR count). The molecule has 0 aliphatic carbocycles. The van der Waals surface area contributed by atoms with Gasteiger partial charge in [-0.1, -0.05) is 6.07 Å². The number of hydrogen-bond acceptors (Lipinski definition) is 6. The highest BCUT2D eigenvalue weighted by Gasteiger charge is 2.12. The van der Waals surface area contributed by atoms with Gasteiger partial charge in [0.1, 0.15) is 5.75 Å². The predicted octanol–water partition coefficient (Wildman–Crippen LogP) is 2.81. The Morgan fingerprint density at radius 1 is 1.15 bits per heavy atom. The molecule has 0 radical (unpaired) electrons. The number of hydrogen-bond donors (Lipinski definition) is 2. The summed E-state index contributed by atoms with van der Waals surface area (Å²) in [5.74, 6) is 1.91. The topological polar surface area (TPSA) is 81.2 Å². The number of anilines is 1. The second-order valence-corrected chi connectivity index (χ2v) is 6.03. The summed E-state index contributed by atoms with van der Waals surface area (Å²) in [6.45, 7) is 3.20. The maximum Gasteiger partial charge on any atom is 0.259 e. The minimum atomic E-state index is -0.244. The lowest BCUT2D eigenvalue weighted by atomic mass is 10.1. The van der Waals surface area contributed by atoms with Crippen molar-refractivity contribution in [2.75, 3.05) is 32.2 Å². The third-order valence-electron chi connectivity index (χ3n) is 4.04. The molecule has 2 N–H and O–H groups in total. The van der Waals surface area contributed by atoms with Crippen molar-refractivity contribution in [3.05, 3.63) is 48.0 Å². The smallest absolute Gasteiger partial charge is 0.259 e. The Bertz CT molecular complexity index is 836. The number of nitrogens with zero attached hydrogens (tertiary/aromatic N) is 1. The van der Waals surface area contributed by atoms with Crippen LogP contribution in [0.25, 0.3) is 0 Å². The molecule has 0 fully saturated rings. The van der Waals surface area contributed by atoms with Gasteiger partial charge in [0.15, 0.2) is 11.5 Å². The number of amides is 1. The van der Waals surface area contributed by atoms with Crippen LogP contribution in [0, 0.1) is 0 Å². The zero-order valence-electron chi connectivity index (χ0n) is 15.5. The van der Waals surface area contributed by atoms with Gasteiger partial charge in [0.25, 0.3) is 5.91 Å². The number of rotatable bonds is 6. The van der Waals surface area contributed by atoms with Gasteiger partial charge < -0.3 is 19.5 Å². The quantitative estimate of drug-likeness (QED) is 0.604. The molecule has 0 spiro atoms. The molecule has 0 saturated carbocycles. The van der Waals surface area contributed by atoms with E-state index in [1.54, 1.807) is 7.11 Å². The largest absolute Gasteiger partial charge is 0.497 e. The molecule has 142 valence electrons. The number of ether oxygens (including phenoxy) is 3. The molecule has 0 unspecified atom stereocenters. The van der Waals surface area contributed by atoms with E-state index in [9.17, 15) is 4.79 Å². The summed E-state index contributed by atoms with van der Waals surface area (Å²) < 4.78 is 16.5. The van der Waals surface area contributed by atoms with E-state index in [1.165, 1.54) is 0 Å². The van der Waals surface area contributed by atoms with Crippen LogP contribution in [0.4, 0.5) is 5.69 Å². The molecule has 27 heavy (non-hydrogen) atoms. The molecule has 7 nitrogen and oxygen atoms in total. The lowest BCUT2D eigenvalue weighted by Gasteiger charge is -2.10. The van der Waals surface area contributed by atoms with E-state index in [0.29, 0.717) is 24.7 Å². The number of nitrogens with one attached hydrogen (secondary N) is 2. The highest BCUT2D eigenvalue weighted by Crippen LogP contribution is 2.30. The van der Waals surface area contributed by atoms with E-state index in [1.807, 2.05) is 49.4 Å². The summed E-state index contributed by atoms with van der Waals surface area (Å²) in [4.78, 5) is 12.0. The minimum Gasteiger partial charge on any atom is -0.497 e. The number of methoxy groups -OCH3 is 1. The van der Waals surface area contributed by atoms with Crippen LogP contribution in [0.2, 0.25) is 0 Å². The summed E-state index contributed by atoms with van der Waals surface area (Å²) >= 11 is 0. The van der Waals surface area contributed by atoms with Crippen LogP contribution < -0.4 is 25.0 Å². The monoisotopic (exact) mass is 369 g/mol. The van der Waals surface area contributed by atoms with E-state index < -0.39 is 0 Å². The molecule has 1 aliphatic heterocycles. The first-order valence-corrected chi connectivity index (χ1v) is 8.77. The lowest BCUT2D eigenvalue weighted by molar-refractivity contribution is -0.119. The normalized spacial score (nSPS) is 13.5. The average molecular weight is 369 g/mol. The van der Waals surface area contributed by atoms with Crippen molar-refractivity contribution >= 4 is 17.3 Å². The van der Waals surface area contributed by atoms with Crippen LogP contribution in [-0.2, 0) is 4.79 Å². The summed E-state index contributed by atoms with van der Waals surface area (Å²) in [5.41, 5.74) is 4.90. The molecule has 0 saturated heterocycles. The second kappa shape index (κ2) is 8.93. The van der Waals surface area contributed by atoms with Gasteiger partial charge in [-0.25, -0.2) is 5.43 Å². The third kappa shape index (κ3) is 5.13. The molecule has 1 aliphatic rings. The number of hydrazone groups is 1. The summed E-state index contributed by atoms with van der Waals surface area (Å²) in [6, 6.07) is 13.0. The first kappa shape index (κ1) is 18.6. The van der Waals surface area contributed by atoms with E-state index in [0.717, 1.165) is 29.2 Å². The van der Waals surface area contributed by atoms with Gasteiger partial charge in [0.2, 0.25) is 0 Å². The number of carbonyl (C=O) groups is 1. The van der Waals surface area contributed by atoms with Crippen LogP contribution in [0.1, 0.15) is 18.9 Å².